The van der Waals surface area contributed by atoms with E-state index in [4.69, 9.17) is 5.73 Å². The molecule has 1 aromatic carbocycles. The first-order valence-electron chi connectivity index (χ1n) is 6.72. The second-order valence-corrected chi connectivity index (χ2v) is 6.62. The average molecular weight is 305 g/mol. The van der Waals surface area contributed by atoms with E-state index in [1.165, 1.54) is 23.6 Å². The van der Waals surface area contributed by atoms with Crippen molar-refractivity contribution in [3.8, 4) is 0 Å². The van der Waals surface area contributed by atoms with Gasteiger partial charge < -0.3 is 5.73 Å². The molecule has 0 radical (unpaired) electrons. The number of aromatic nitrogens is 1. The first-order valence-corrected chi connectivity index (χ1v) is 8.16. The highest BCUT2D eigenvalue weighted by atomic mass is 32.2. The molecule has 0 bridgehead atoms. The van der Waals surface area contributed by atoms with Crippen LogP contribution in [-0.2, 0) is 23.0 Å². The zero-order valence-electron chi connectivity index (χ0n) is 12.2. The maximum Gasteiger partial charge on any atom is 0.281 e. The van der Waals surface area contributed by atoms with Gasteiger partial charge in [-0.3, -0.25) is 4.31 Å². The minimum atomic E-state index is -3.66. The Balaban J connectivity index is 2.32. The van der Waals surface area contributed by atoms with Gasteiger partial charge in [-0.05, 0) is 35.7 Å². The second-order valence-electron chi connectivity index (χ2n) is 4.70. The van der Waals surface area contributed by atoms with Crippen LogP contribution in [0.1, 0.15) is 18.1 Å². The molecule has 0 atom stereocenters. The van der Waals surface area contributed by atoms with Crippen LogP contribution in [-0.4, -0.2) is 20.4 Å². The van der Waals surface area contributed by atoms with Crippen LogP contribution in [0.15, 0.2) is 47.6 Å². The first kappa shape index (κ1) is 15.5. The molecule has 2 N–H and O–H groups in total. The van der Waals surface area contributed by atoms with Crippen LogP contribution in [0.25, 0.3) is 0 Å². The lowest BCUT2D eigenvalue weighted by atomic mass is 10.1. The Morgan fingerprint density at radius 2 is 1.71 bits per heavy atom. The van der Waals surface area contributed by atoms with Crippen molar-refractivity contribution in [1.82, 2.24) is 4.98 Å². The van der Waals surface area contributed by atoms with Crippen molar-refractivity contribution in [2.24, 2.45) is 5.73 Å². The molecule has 0 spiro atoms. The van der Waals surface area contributed by atoms with E-state index in [1.54, 1.807) is 18.2 Å². The fraction of sp³-hybridized carbons (Fsp3) is 0.267. The molecular weight excluding hydrogens is 286 g/mol. The molecule has 112 valence electrons. The number of hydrogen-bond donors (Lipinski definition) is 1. The molecule has 0 aliphatic carbocycles. The van der Waals surface area contributed by atoms with Crippen LogP contribution in [0.2, 0.25) is 0 Å². The van der Waals surface area contributed by atoms with Gasteiger partial charge >= 0.3 is 0 Å². The van der Waals surface area contributed by atoms with Gasteiger partial charge in [0.25, 0.3) is 10.0 Å². The number of hydrogen-bond acceptors (Lipinski definition) is 4. The van der Waals surface area contributed by atoms with E-state index < -0.39 is 10.0 Å². The maximum atomic E-state index is 12.5. The molecule has 1 heterocycles. The third-order valence-electron chi connectivity index (χ3n) is 3.37. The molecule has 0 amide bonds. The Hall–Kier alpha value is -1.92. The van der Waals surface area contributed by atoms with E-state index in [9.17, 15) is 8.42 Å². The molecule has 6 heteroatoms. The Morgan fingerprint density at radius 1 is 1.10 bits per heavy atom. The van der Waals surface area contributed by atoms with Gasteiger partial charge in [0.15, 0.2) is 5.03 Å². The summed E-state index contributed by atoms with van der Waals surface area (Å²) in [7, 11) is -2.13. The van der Waals surface area contributed by atoms with Crippen LogP contribution in [0.5, 0.6) is 0 Å². The average Bonchev–Trinajstić information content (AvgIpc) is 2.54. The Labute approximate surface area is 125 Å². The molecule has 2 aromatic rings. The number of nitrogens with two attached hydrogens (primary N) is 1. The third-order valence-corrected chi connectivity index (χ3v) is 5.07. The Bertz CT molecular complexity index is 695. The number of pyridine rings is 1. The molecule has 0 saturated heterocycles. The third kappa shape index (κ3) is 3.22. The fourth-order valence-electron chi connectivity index (χ4n) is 1.90. The lowest BCUT2D eigenvalue weighted by Gasteiger charge is -2.19. The number of nitrogens with zero attached hydrogens (tertiary/aromatic N) is 2. The van der Waals surface area contributed by atoms with Gasteiger partial charge in [0.2, 0.25) is 0 Å². The second kappa shape index (κ2) is 6.24. The largest absolute Gasteiger partial charge is 0.326 e. The molecule has 5 nitrogen and oxygen atoms in total. The maximum absolute atomic E-state index is 12.5. The first-order chi connectivity index (χ1) is 9.98. The van der Waals surface area contributed by atoms with Gasteiger partial charge in [-0.2, -0.15) is 8.42 Å². The summed E-state index contributed by atoms with van der Waals surface area (Å²) in [6.45, 7) is 2.39. The Kier molecular flexibility index (Phi) is 4.59. The van der Waals surface area contributed by atoms with Gasteiger partial charge in [-0.15, -0.1) is 0 Å². The lowest BCUT2D eigenvalue weighted by Crippen LogP contribution is -2.27. The number of rotatable bonds is 5. The zero-order chi connectivity index (χ0) is 15.5. The standard InChI is InChI=1S/C15H19N3O2S/c1-3-12-4-7-14(8-5-12)18(2)21(19,20)15-9-6-13(10-16)11-17-15/h4-9,11H,3,10,16H2,1-2H3. The number of sulfonamides is 1. The number of benzene rings is 1. The van der Waals surface area contributed by atoms with E-state index in [1.807, 2.05) is 12.1 Å². The summed E-state index contributed by atoms with van der Waals surface area (Å²) in [4.78, 5) is 3.99. The zero-order valence-corrected chi connectivity index (χ0v) is 13.0. The number of anilines is 1. The summed E-state index contributed by atoms with van der Waals surface area (Å²) in [5.74, 6) is 0. The molecule has 0 unspecified atom stereocenters. The van der Waals surface area contributed by atoms with Crippen LogP contribution < -0.4 is 10.0 Å². The van der Waals surface area contributed by atoms with Gasteiger partial charge in [0.1, 0.15) is 0 Å². The lowest BCUT2D eigenvalue weighted by molar-refractivity contribution is 0.590. The predicted octanol–water partition coefficient (Wildman–Crippen LogP) is 1.93. The van der Waals surface area contributed by atoms with Crippen LogP contribution in [0, 0.1) is 0 Å². The normalized spacial score (nSPS) is 11.4. The molecular formula is C15H19N3O2S. The summed E-state index contributed by atoms with van der Waals surface area (Å²) in [6.07, 6.45) is 2.40. The fourth-order valence-corrected chi connectivity index (χ4v) is 3.01. The smallest absolute Gasteiger partial charge is 0.281 e. The highest BCUT2D eigenvalue weighted by Gasteiger charge is 2.22. The summed E-state index contributed by atoms with van der Waals surface area (Å²) in [6, 6.07) is 10.6. The predicted molar refractivity (Wildman–Crippen MR) is 83.5 cm³/mol. The Morgan fingerprint density at radius 3 is 2.19 bits per heavy atom. The monoisotopic (exact) mass is 305 g/mol. The molecule has 0 aliphatic rings. The van der Waals surface area contributed by atoms with Gasteiger partial charge in [0, 0.05) is 19.8 Å². The van der Waals surface area contributed by atoms with Crippen LogP contribution in [0.3, 0.4) is 0 Å². The molecule has 0 aliphatic heterocycles. The highest BCUT2D eigenvalue weighted by molar-refractivity contribution is 7.92. The van der Waals surface area contributed by atoms with E-state index >= 15 is 0 Å². The molecule has 21 heavy (non-hydrogen) atoms. The summed E-state index contributed by atoms with van der Waals surface area (Å²) >= 11 is 0. The quantitative estimate of drug-likeness (QED) is 0.915. The van der Waals surface area contributed by atoms with Crippen molar-refractivity contribution in [3.63, 3.8) is 0 Å². The van der Waals surface area contributed by atoms with Gasteiger partial charge in [-0.25, -0.2) is 4.98 Å². The number of aryl methyl sites for hydroxylation is 1. The summed E-state index contributed by atoms with van der Waals surface area (Å²) in [5, 5.41) is 0.0155. The van der Waals surface area contributed by atoms with E-state index in [2.05, 4.69) is 11.9 Å². The van der Waals surface area contributed by atoms with Crippen LogP contribution >= 0.6 is 0 Å². The summed E-state index contributed by atoms with van der Waals surface area (Å²) in [5.41, 5.74) is 8.05. The van der Waals surface area contributed by atoms with Crippen molar-refractivity contribution in [2.45, 2.75) is 24.9 Å². The summed E-state index contributed by atoms with van der Waals surface area (Å²) < 4.78 is 26.3. The van der Waals surface area contributed by atoms with Crippen molar-refractivity contribution in [1.29, 1.82) is 0 Å². The molecule has 0 saturated carbocycles. The van der Waals surface area contributed by atoms with Crippen LogP contribution in [0.4, 0.5) is 5.69 Å². The molecule has 1 aromatic heterocycles. The molecule has 0 fully saturated rings. The van der Waals surface area contributed by atoms with Crippen molar-refractivity contribution in [2.75, 3.05) is 11.4 Å². The highest BCUT2D eigenvalue weighted by Crippen LogP contribution is 2.21. The minimum Gasteiger partial charge on any atom is -0.326 e. The molecule has 2 rings (SSSR count). The minimum absolute atomic E-state index is 0.0155. The van der Waals surface area contributed by atoms with Gasteiger partial charge in [-0.1, -0.05) is 25.1 Å². The van der Waals surface area contributed by atoms with Crippen molar-refractivity contribution >= 4 is 15.7 Å². The van der Waals surface area contributed by atoms with E-state index in [0.717, 1.165) is 17.5 Å². The van der Waals surface area contributed by atoms with Gasteiger partial charge in [0.05, 0.1) is 5.69 Å². The van der Waals surface area contributed by atoms with E-state index in [0.29, 0.717) is 12.2 Å². The SMILES string of the molecule is CCc1ccc(N(C)S(=O)(=O)c2ccc(CN)cn2)cc1. The van der Waals surface area contributed by atoms with Crippen molar-refractivity contribution in [3.05, 3.63) is 53.7 Å². The van der Waals surface area contributed by atoms with E-state index in [-0.39, 0.29) is 5.03 Å². The topological polar surface area (TPSA) is 76.3 Å². The van der Waals surface area contributed by atoms with Crippen molar-refractivity contribution < 1.29 is 8.42 Å².